The van der Waals surface area contributed by atoms with E-state index in [1.807, 2.05) is 0 Å². The van der Waals surface area contributed by atoms with Crippen LogP contribution in [0.3, 0.4) is 0 Å². The fraction of sp³-hybridized carbons (Fsp3) is 0.100. The Labute approximate surface area is 85.3 Å². The molecular weight excluding hydrogens is 205 g/mol. The minimum atomic E-state index is -0.472. The van der Waals surface area contributed by atoms with Gasteiger partial charge in [0.25, 0.3) is 0 Å². The summed E-state index contributed by atoms with van der Waals surface area (Å²) in [5.74, 6) is 0.619. The zero-order valence-electron chi connectivity index (χ0n) is 7.42. The number of nitrogens with zero attached hydrogens (tertiary/aromatic N) is 1. The Morgan fingerprint density at radius 3 is 2.79 bits per heavy atom. The first-order valence-electron chi connectivity index (χ1n) is 4.04. The van der Waals surface area contributed by atoms with E-state index in [9.17, 15) is 4.39 Å². The summed E-state index contributed by atoms with van der Waals surface area (Å²) >= 11 is 5.55. The molecule has 0 bridgehead atoms. The molecule has 0 saturated carbocycles. The fourth-order valence-electron chi connectivity index (χ4n) is 1.12. The molecule has 0 atom stereocenters. The topological polar surface area (TPSA) is 26.0 Å². The predicted molar refractivity (Wildman–Crippen MR) is 51.6 cm³/mol. The van der Waals surface area contributed by atoms with Gasteiger partial charge in [-0.25, -0.2) is 9.37 Å². The van der Waals surface area contributed by atoms with Crippen molar-refractivity contribution >= 4 is 11.6 Å². The van der Waals surface area contributed by atoms with Crippen molar-refractivity contribution in [3.8, 4) is 11.5 Å². The molecule has 1 aromatic heterocycles. The highest BCUT2D eigenvalue weighted by molar-refractivity contribution is 6.30. The predicted octanol–water partition coefficient (Wildman–Crippen LogP) is 3.44. The molecular formula is C10H7ClFNO. The Morgan fingerprint density at radius 2 is 2.21 bits per heavy atom. The first-order chi connectivity index (χ1) is 6.66. The lowest BCUT2D eigenvalue weighted by atomic mass is 10.2. The summed E-state index contributed by atoms with van der Waals surface area (Å²) < 4.78 is 18.3. The van der Waals surface area contributed by atoms with Crippen LogP contribution in [-0.4, -0.2) is 4.98 Å². The minimum Gasteiger partial charge on any atom is -0.441 e. The van der Waals surface area contributed by atoms with Crippen LogP contribution in [0.4, 0.5) is 4.39 Å². The van der Waals surface area contributed by atoms with Crippen molar-refractivity contribution in [1.82, 2.24) is 4.98 Å². The second-order valence-electron chi connectivity index (χ2n) is 2.90. The molecule has 0 aliphatic heterocycles. The van der Waals surface area contributed by atoms with Crippen LogP contribution in [0.5, 0.6) is 0 Å². The highest BCUT2D eigenvalue weighted by Crippen LogP contribution is 2.23. The van der Waals surface area contributed by atoms with E-state index in [2.05, 4.69) is 4.98 Å². The van der Waals surface area contributed by atoms with E-state index in [0.29, 0.717) is 17.2 Å². The maximum atomic E-state index is 13.1. The van der Waals surface area contributed by atoms with E-state index in [1.165, 1.54) is 12.1 Å². The molecule has 2 nitrogen and oxygen atoms in total. The van der Waals surface area contributed by atoms with E-state index in [-0.39, 0.29) is 5.02 Å². The summed E-state index contributed by atoms with van der Waals surface area (Å²) in [5, 5.41) is 0.0945. The Bertz CT molecular complexity index is 467. The molecule has 2 aromatic rings. The third kappa shape index (κ3) is 1.63. The Kier molecular flexibility index (Phi) is 2.25. The van der Waals surface area contributed by atoms with E-state index >= 15 is 0 Å². The Hall–Kier alpha value is -1.35. The molecule has 0 amide bonds. The molecule has 0 N–H and O–H groups in total. The van der Waals surface area contributed by atoms with Crippen molar-refractivity contribution in [1.29, 1.82) is 0 Å². The van der Waals surface area contributed by atoms with Gasteiger partial charge in [-0.2, -0.15) is 0 Å². The first-order valence-corrected chi connectivity index (χ1v) is 4.42. The number of oxazole rings is 1. The molecule has 0 aliphatic rings. The molecule has 1 aromatic carbocycles. The van der Waals surface area contributed by atoms with Gasteiger partial charge in [-0.1, -0.05) is 11.6 Å². The van der Waals surface area contributed by atoms with Crippen LogP contribution in [0.25, 0.3) is 11.5 Å². The summed E-state index contributed by atoms with van der Waals surface area (Å²) in [4.78, 5) is 3.98. The molecule has 0 unspecified atom stereocenters. The zero-order chi connectivity index (χ0) is 10.1. The van der Waals surface area contributed by atoms with Crippen LogP contribution < -0.4 is 0 Å². The maximum absolute atomic E-state index is 13.1. The van der Waals surface area contributed by atoms with Crippen molar-refractivity contribution < 1.29 is 8.81 Å². The Morgan fingerprint density at radius 1 is 1.43 bits per heavy atom. The van der Waals surface area contributed by atoms with Crippen molar-refractivity contribution in [3.63, 3.8) is 0 Å². The van der Waals surface area contributed by atoms with Gasteiger partial charge in [0.15, 0.2) is 0 Å². The maximum Gasteiger partial charge on any atom is 0.226 e. The second-order valence-corrected chi connectivity index (χ2v) is 3.31. The van der Waals surface area contributed by atoms with Gasteiger partial charge in [-0.3, -0.25) is 0 Å². The fourth-order valence-corrected chi connectivity index (χ4v) is 1.23. The van der Waals surface area contributed by atoms with Gasteiger partial charge >= 0.3 is 0 Å². The van der Waals surface area contributed by atoms with Gasteiger partial charge in [-0.05, 0) is 25.1 Å². The molecule has 0 fully saturated rings. The summed E-state index contributed by atoms with van der Waals surface area (Å²) in [7, 11) is 0. The van der Waals surface area contributed by atoms with Crippen molar-refractivity contribution in [3.05, 3.63) is 41.0 Å². The quantitative estimate of drug-likeness (QED) is 0.722. The third-order valence-electron chi connectivity index (χ3n) is 1.79. The van der Waals surface area contributed by atoms with E-state index in [0.717, 1.165) is 0 Å². The molecule has 4 heteroatoms. The average molecular weight is 212 g/mol. The van der Waals surface area contributed by atoms with Crippen molar-refractivity contribution in [2.75, 3.05) is 0 Å². The largest absolute Gasteiger partial charge is 0.441 e. The van der Waals surface area contributed by atoms with Gasteiger partial charge < -0.3 is 4.42 Å². The lowest BCUT2D eigenvalue weighted by molar-refractivity contribution is 0.541. The molecule has 1 heterocycles. The minimum absolute atomic E-state index is 0.0945. The Balaban J connectivity index is 2.47. The normalized spacial score (nSPS) is 10.5. The number of hydrogen-bond donors (Lipinski definition) is 0. The number of aromatic nitrogens is 1. The number of rotatable bonds is 1. The van der Waals surface area contributed by atoms with Crippen LogP contribution in [0, 0.1) is 12.7 Å². The number of halogens is 2. The molecule has 72 valence electrons. The van der Waals surface area contributed by atoms with Crippen LogP contribution in [0.1, 0.15) is 5.76 Å². The third-order valence-corrected chi connectivity index (χ3v) is 2.09. The summed E-state index contributed by atoms with van der Waals surface area (Å²) in [6, 6.07) is 4.44. The van der Waals surface area contributed by atoms with Gasteiger partial charge in [0.1, 0.15) is 11.6 Å². The number of hydrogen-bond acceptors (Lipinski definition) is 2. The van der Waals surface area contributed by atoms with Crippen LogP contribution in [-0.2, 0) is 0 Å². The molecule has 0 saturated heterocycles. The smallest absolute Gasteiger partial charge is 0.226 e. The van der Waals surface area contributed by atoms with Gasteiger partial charge in [-0.15, -0.1) is 0 Å². The highest BCUT2D eigenvalue weighted by atomic mass is 35.5. The summed E-state index contributed by atoms with van der Waals surface area (Å²) in [6.07, 6.45) is 1.59. The van der Waals surface area contributed by atoms with Crippen LogP contribution >= 0.6 is 11.6 Å². The molecule has 2 rings (SSSR count). The SMILES string of the molecule is Cc1cnc(-c2ccc(Cl)c(F)c2)o1. The second kappa shape index (κ2) is 3.42. The molecule has 0 aliphatic carbocycles. The molecule has 14 heavy (non-hydrogen) atoms. The standard InChI is InChI=1S/C10H7ClFNO/c1-6-5-13-10(14-6)7-2-3-8(11)9(12)4-7/h2-5H,1H3. The van der Waals surface area contributed by atoms with Crippen molar-refractivity contribution in [2.24, 2.45) is 0 Å². The van der Waals surface area contributed by atoms with E-state index < -0.39 is 5.82 Å². The van der Waals surface area contributed by atoms with E-state index in [1.54, 1.807) is 19.2 Å². The summed E-state index contributed by atoms with van der Waals surface area (Å²) in [6.45, 7) is 1.78. The van der Waals surface area contributed by atoms with E-state index in [4.69, 9.17) is 16.0 Å². The zero-order valence-corrected chi connectivity index (χ0v) is 8.18. The lowest BCUT2D eigenvalue weighted by Crippen LogP contribution is -1.80. The van der Waals surface area contributed by atoms with Gasteiger partial charge in [0.05, 0.1) is 11.2 Å². The van der Waals surface area contributed by atoms with Crippen LogP contribution in [0.15, 0.2) is 28.8 Å². The van der Waals surface area contributed by atoms with Gasteiger partial charge in [0.2, 0.25) is 5.89 Å². The number of aryl methyl sites for hydroxylation is 1. The van der Waals surface area contributed by atoms with Gasteiger partial charge in [0, 0.05) is 5.56 Å². The monoisotopic (exact) mass is 211 g/mol. The molecule has 0 spiro atoms. The average Bonchev–Trinajstić information content (AvgIpc) is 2.57. The number of benzene rings is 1. The molecule has 0 radical (unpaired) electrons. The highest BCUT2D eigenvalue weighted by Gasteiger charge is 2.07. The van der Waals surface area contributed by atoms with Crippen LogP contribution in [0.2, 0.25) is 5.02 Å². The first kappa shape index (κ1) is 9.21. The van der Waals surface area contributed by atoms with Crippen molar-refractivity contribution in [2.45, 2.75) is 6.92 Å². The lowest BCUT2D eigenvalue weighted by Gasteiger charge is -1.97. The summed E-state index contributed by atoms with van der Waals surface area (Å²) in [5.41, 5.74) is 0.583.